The number of phenolic OH excluding ortho intramolecular Hbond substituents is 1. The first-order chi connectivity index (χ1) is 20.3. The van der Waals surface area contributed by atoms with Crippen molar-refractivity contribution in [3.63, 3.8) is 0 Å². The minimum Gasteiger partial charge on any atom is -0.508 e. The molecule has 0 amide bonds. The molecule has 1 aromatic heterocycles. The Bertz CT molecular complexity index is 1550. The lowest BCUT2D eigenvalue weighted by molar-refractivity contribution is 0.106. The highest BCUT2D eigenvalue weighted by atomic mass is 19.1. The molecule has 4 saturated heterocycles. The van der Waals surface area contributed by atoms with E-state index in [2.05, 4.69) is 31.0 Å². The molecule has 0 aliphatic carbocycles. The molecule has 42 heavy (non-hydrogen) atoms. The molecule has 5 heterocycles. The van der Waals surface area contributed by atoms with Gasteiger partial charge in [-0.15, -0.1) is 6.42 Å². The quantitative estimate of drug-likeness (QED) is 0.366. The van der Waals surface area contributed by atoms with Gasteiger partial charge in [0, 0.05) is 49.9 Å². The third kappa shape index (κ3) is 4.91. The average molecular weight is 577 g/mol. The minimum atomic E-state index is -1.21. The fourth-order valence-electron chi connectivity index (χ4n) is 7.44. The van der Waals surface area contributed by atoms with Crippen LogP contribution in [0, 0.1) is 18.2 Å². The topological polar surface area (TPSA) is 107 Å². The molecule has 3 N–H and O–H groups in total. The predicted octanol–water partition coefficient (Wildman–Crippen LogP) is 3.02. The number of terminal acetylenes is 1. The van der Waals surface area contributed by atoms with Gasteiger partial charge in [-0.3, -0.25) is 4.90 Å². The van der Waals surface area contributed by atoms with Crippen LogP contribution in [0.2, 0.25) is 0 Å². The number of benzene rings is 2. The average Bonchev–Trinajstić information content (AvgIpc) is 3.61. The number of aliphatic hydroxyl groups is 1. The molecular weight excluding hydrogens is 542 g/mol. The Kier molecular flexibility index (Phi) is 6.88. The Labute approximate surface area is 242 Å². The van der Waals surface area contributed by atoms with Crippen molar-refractivity contribution in [1.29, 1.82) is 0 Å². The van der Waals surface area contributed by atoms with Crippen molar-refractivity contribution >= 4 is 16.7 Å². The number of rotatable bonds is 7. The third-order valence-electron chi connectivity index (χ3n) is 9.34. The first-order valence-electron chi connectivity index (χ1n) is 14.7. The maximum Gasteiger partial charge on any atom is 0.321 e. The van der Waals surface area contributed by atoms with E-state index in [1.165, 1.54) is 24.3 Å². The van der Waals surface area contributed by atoms with E-state index in [0.717, 1.165) is 45.3 Å². The van der Waals surface area contributed by atoms with Crippen LogP contribution in [0.25, 0.3) is 10.8 Å². The van der Waals surface area contributed by atoms with Crippen molar-refractivity contribution in [2.24, 2.45) is 0 Å². The van der Waals surface area contributed by atoms with E-state index in [0.29, 0.717) is 47.6 Å². The van der Waals surface area contributed by atoms with Crippen LogP contribution in [0.3, 0.4) is 0 Å². The van der Waals surface area contributed by atoms with Gasteiger partial charge in [0.25, 0.3) is 0 Å². The number of fused-ring (bicyclic) bond motifs is 4. The standard InChI is InChI=1S/C31H34F2N6O3/c1-2-23-25(33)7-4-18-10-22(40)11-24(28(18)23)26(41)12-27-35-29(38-15-20-5-6-21(16-38)34-20)37-30(36-27)42-17-31-8-3-9-39(31)14-19(32)13-31/h1,4,7,10-11,19-21,26,34,40-41H,3,5-6,8-9,12-17H2/t19?,20-,21+,26-,31-/m0/s1. The Morgan fingerprint density at radius 2 is 1.98 bits per heavy atom. The van der Waals surface area contributed by atoms with Crippen LogP contribution < -0.4 is 15.0 Å². The first-order valence-corrected chi connectivity index (χ1v) is 14.7. The molecule has 11 heteroatoms. The Morgan fingerprint density at radius 3 is 2.76 bits per heavy atom. The number of anilines is 1. The molecule has 4 aliphatic rings. The summed E-state index contributed by atoms with van der Waals surface area (Å²) in [5.74, 6) is 2.48. The number of halogens is 2. The van der Waals surface area contributed by atoms with E-state index >= 15 is 0 Å². The lowest BCUT2D eigenvalue weighted by Crippen LogP contribution is -2.51. The van der Waals surface area contributed by atoms with Crippen molar-refractivity contribution < 1.29 is 23.7 Å². The summed E-state index contributed by atoms with van der Waals surface area (Å²) >= 11 is 0. The van der Waals surface area contributed by atoms with Crippen molar-refractivity contribution in [2.45, 2.75) is 68.4 Å². The van der Waals surface area contributed by atoms with Gasteiger partial charge < -0.3 is 25.2 Å². The molecule has 2 aromatic carbocycles. The number of hydrogen-bond acceptors (Lipinski definition) is 9. The highest BCUT2D eigenvalue weighted by Crippen LogP contribution is 2.40. The number of aromatic nitrogens is 3. The van der Waals surface area contributed by atoms with Crippen LogP contribution in [0.15, 0.2) is 24.3 Å². The Balaban J connectivity index is 1.21. The number of aromatic hydroxyl groups is 1. The fourth-order valence-corrected chi connectivity index (χ4v) is 7.44. The highest BCUT2D eigenvalue weighted by molar-refractivity contribution is 5.92. The van der Waals surface area contributed by atoms with E-state index in [1.807, 2.05) is 0 Å². The number of piperazine rings is 1. The summed E-state index contributed by atoms with van der Waals surface area (Å²) < 4.78 is 35.2. The lowest BCUT2D eigenvalue weighted by Gasteiger charge is -2.33. The molecule has 4 aliphatic heterocycles. The molecule has 5 atom stereocenters. The van der Waals surface area contributed by atoms with Crippen LogP contribution in [0.4, 0.5) is 14.7 Å². The summed E-state index contributed by atoms with van der Waals surface area (Å²) in [6.45, 7) is 3.03. The van der Waals surface area contributed by atoms with Gasteiger partial charge in [-0.05, 0) is 61.4 Å². The van der Waals surface area contributed by atoms with Crippen molar-refractivity contribution in [2.75, 3.05) is 37.7 Å². The number of nitrogens with zero attached hydrogens (tertiary/aromatic N) is 5. The van der Waals surface area contributed by atoms with Crippen LogP contribution in [-0.2, 0) is 6.42 Å². The minimum absolute atomic E-state index is 0.0151. The normalized spacial score (nSPS) is 27.8. The second-order valence-corrected chi connectivity index (χ2v) is 12.2. The molecule has 0 spiro atoms. The molecule has 0 radical (unpaired) electrons. The number of ether oxygens (including phenoxy) is 1. The fraction of sp³-hybridized carbons (Fsp3) is 0.516. The zero-order chi connectivity index (χ0) is 29.0. The number of nitrogens with one attached hydrogen (secondary N) is 1. The largest absolute Gasteiger partial charge is 0.508 e. The van der Waals surface area contributed by atoms with Gasteiger partial charge in [-0.1, -0.05) is 12.0 Å². The summed E-state index contributed by atoms with van der Waals surface area (Å²) in [4.78, 5) is 18.3. The van der Waals surface area contributed by atoms with Crippen LogP contribution in [0.5, 0.6) is 11.8 Å². The van der Waals surface area contributed by atoms with E-state index in [4.69, 9.17) is 16.1 Å². The molecule has 220 valence electrons. The number of aliphatic hydroxyl groups excluding tert-OH is 1. The maximum atomic E-state index is 14.6. The second-order valence-electron chi connectivity index (χ2n) is 12.2. The smallest absolute Gasteiger partial charge is 0.321 e. The lowest BCUT2D eigenvalue weighted by atomic mass is 9.94. The molecule has 7 rings (SSSR count). The zero-order valence-corrected chi connectivity index (χ0v) is 23.3. The summed E-state index contributed by atoms with van der Waals surface area (Å²) in [5, 5.41) is 26.3. The SMILES string of the molecule is C#Cc1c(F)ccc2cc(O)cc([C@@H](O)Cc3nc(OC[C@@]45CCCN4CC(F)C5)nc(N4C[C@H]5CC[C@@H](C4)N5)n3)c12. The van der Waals surface area contributed by atoms with E-state index in [9.17, 15) is 19.0 Å². The summed E-state index contributed by atoms with van der Waals surface area (Å²) in [7, 11) is 0. The van der Waals surface area contributed by atoms with E-state index in [-0.39, 0.29) is 41.5 Å². The Morgan fingerprint density at radius 1 is 1.17 bits per heavy atom. The van der Waals surface area contributed by atoms with Gasteiger partial charge in [-0.2, -0.15) is 15.0 Å². The molecule has 0 saturated carbocycles. The molecular formula is C31H34F2N6O3. The van der Waals surface area contributed by atoms with Crippen LogP contribution in [0.1, 0.15) is 55.2 Å². The van der Waals surface area contributed by atoms with Gasteiger partial charge in [0.1, 0.15) is 30.2 Å². The summed E-state index contributed by atoms with van der Waals surface area (Å²) in [6.07, 6.45) is 7.96. The molecule has 2 bridgehead atoms. The first kappa shape index (κ1) is 27.3. The molecule has 9 nitrogen and oxygen atoms in total. The van der Waals surface area contributed by atoms with Crippen molar-refractivity contribution in [3.8, 4) is 24.1 Å². The molecule has 1 unspecified atom stereocenters. The van der Waals surface area contributed by atoms with Gasteiger partial charge in [0.05, 0.1) is 17.2 Å². The van der Waals surface area contributed by atoms with E-state index in [1.54, 1.807) is 0 Å². The van der Waals surface area contributed by atoms with E-state index < -0.39 is 18.1 Å². The molecule has 3 aromatic rings. The van der Waals surface area contributed by atoms with Crippen molar-refractivity contribution in [1.82, 2.24) is 25.2 Å². The van der Waals surface area contributed by atoms with Gasteiger partial charge >= 0.3 is 6.01 Å². The second kappa shape index (κ2) is 10.6. The van der Waals surface area contributed by atoms with Gasteiger partial charge in [-0.25, -0.2) is 8.78 Å². The summed E-state index contributed by atoms with van der Waals surface area (Å²) in [5.41, 5.74) is -0.0696. The third-order valence-corrected chi connectivity index (χ3v) is 9.34. The number of alkyl halides is 1. The van der Waals surface area contributed by atoms with Gasteiger partial charge in [0.15, 0.2) is 0 Å². The monoisotopic (exact) mass is 576 g/mol. The predicted molar refractivity (Wildman–Crippen MR) is 153 cm³/mol. The number of phenols is 1. The van der Waals surface area contributed by atoms with Crippen molar-refractivity contribution in [3.05, 3.63) is 47.0 Å². The maximum absolute atomic E-state index is 14.6. The number of hydrogen-bond donors (Lipinski definition) is 3. The molecule has 4 fully saturated rings. The van der Waals surface area contributed by atoms with Gasteiger partial charge in [0.2, 0.25) is 5.95 Å². The highest BCUT2D eigenvalue weighted by Gasteiger charge is 2.49. The van der Waals surface area contributed by atoms with Crippen LogP contribution in [-0.4, -0.2) is 86.6 Å². The zero-order valence-electron chi connectivity index (χ0n) is 23.3. The summed E-state index contributed by atoms with van der Waals surface area (Å²) in [6, 6.07) is 6.46. The Hall–Kier alpha value is -3.59. The van der Waals surface area contributed by atoms with Crippen LogP contribution >= 0.6 is 0 Å².